The summed E-state index contributed by atoms with van der Waals surface area (Å²) in [6, 6.07) is 0. The second-order valence-electron chi connectivity index (χ2n) is 6.50. The van der Waals surface area contributed by atoms with Gasteiger partial charge in [-0.2, -0.15) is 0 Å². The molecular formula is C20H34N4O6. The Balaban J connectivity index is 3.50. The molecular weight excluding hydrogens is 392 g/mol. The SMILES string of the molecule is C=C(C)C(=O)NCCOCCNC(=O)CCC(=O)NCCOCCNC(=O)C(=C)C. The molecule has 0 atom stereocenters. The van der Waals surface area contributed by atoms with Gasteiger partial charge in [-0.25, -0.2) is 0 Å². The first-order valence-electron chi connectivity index (χ1n) is 9.80. The van der Waals surface area contributed by atoms with Crippen molar-refractivity contribution in [3.63, 3.8) is 0 Å². The van der Waals surface area contributed by atoms with Crippen molar-refractivity contribution in [1.29, 1.82) is 0 Å². The van der Waals surface area contributed by atoms with E-state index < -0.39 is 0 Å². The lowest BCUT2D eigenvalue weighted by Gasteiger charge is -2.09. The van der Waals surface area contributed by atoms with E-state index in [1.54, 1.807) is 13.8 Å². The molecule has 10 nitrogen and oxygen atoms in total. The molecule has 0 saturated heterocycles. The molecule has 0 saturated carbocycles. The van der Waals surface area contributed by atoms with Crippen LogP contribution in [0, 0.1) is 0 Å². The first-order chi connectivity index (χ1) is 14.2. The van der Waals surface area contributed by atoms with E-state index in [1.165, 1.54) is 0 Å². The Labute approximate surface area is 177 Å². The van der Waals surface area contributed by atoms with Gasteiger partial charge in [-0.1, -0.05) is 13.2 Å². The van der Waals surface area contributed by atoms with Crippen molar-refractivity contribution in [3.05, 3.63) is 24.3 Å². The van der Waals surface area contributed by atoms with Crippen molar-refractivity contribution in [3.8, 4) is 0 Å². The Kier molecular flexibility index (Phi) is 15.6. The zero-order valence-corrected chi connectivity index (χ0v) is 17.9. The van der Waals surface area contributed by atoms with Gasteiger partial charge in [0.2, 0.25) is 23.6 Å². The smallest absolute Gasteiger partial charge is 0.246 e. The van der Waals surface area contributed by atoms with Crippen LogP contribution in [0.1, 0.15) is 26.7 Å². The largest absolute Gasteiger partial charge is 0.378 e. The second kappa shape index (κ2) is 17.2. The van der Waals surface area contributed by atoms with Crippen molar-refractivity contribution < 1.29 is 28.7 Å². The number of rotatable bonds is 17. The Bertz CT molecular complexity index is 554. The molecule has 0 aromatic heterocycles. The fraction of sp³-hybridized carbons (Fsp3) is 0.600. The predicted molar refractivity (Wildman–Crippen MR) is 113 cm³/mol. The maximum Gasteiger partial charge on any atom is 0.246 e. The van der Waals surface area contributed by atoms with E-state index >= 15 is 0 Å². The van der Waals surface area contributed by atoms with E-state index in [9.17, 15) is 19.2 Å². The lowest BCUT2D eigenvalue weighted by atomic mass is 10.3. The lowest BCUT2D eigenvalue weighted by Crippen LogP contribution is -2.32. The van der Waals surface area contributed by atoms with E-state index in [4.69, 9.17) is 9.47 Å². The van der Waals surface area contributed by atoms with Gasteiger partial charge in [0, 0.05) is 50.2 Å². The number of nitrogens with one attached hydrogen (secondary N) is 4. The van der Waals surface area contributed by atoms with Gasteiger partial charge in [0.05, 0.1) is 26.4 Å². The third-order valence-corrected chi connectivity index (χ3v) is 3.56. The monoisotopic (exact) mass is 426 g/mol. The molecule has 4 N–H and O–H groups in total. The zero-order valence-electron chi connectivity index (χ0n) is 17.9. The van der Waals surface area contributed by atoms with Gasteiger partial charge >= 0.3 is 0 Å². The van der Waals surface area contributed by atoms with E-state index in [2.05, 4.69) is 34.4 Å². The maximum atomic E-state index is 11.7. The number of ether oxygens (including phenoxy) is 2. The van der Waals surface area contributed by atoms with Gasteiger partial charge < -0.3 is 30.7 Å². The zero-order chi connectivity index (χ0) is 22.8. The van der Waals surface area contributed by atoms with Crippen molar-refractivity contribution in [2.45, 2.75) is 26.7 Å². The van der Waals surface area contributed by atoms with Crippen LogP contribution >= 0.6 is 0 Å². The maximum absolute atomic E-state index is 11.7. The Morgan fingerprint density at radius 3 is 1.20 bits per heavy atom. The highest BCUT2D eigenvalue weighted by atomic mass is 16.5. The molecule has 0 aromatic carbocycles. The van der Waals surface area contributed by atoms with Crippen LogP contribution < -0.4 is 21.3 Å². The minimum atomic E-state index is -0.242. The Morgan fingerprint density at radius 1 is 0.600 bits per heavy atom. The fourth-order valence-electron chi connectivity index (χ4n) is 1.91. The molecule has 0 unspecified atom stereocenters. The van der Waals surface area contributed by atoms with Crippen LogP contribution in [-0.2, 0) is 28.7 Å². The molecule has 170 valence electrons. The number of hydrogen-bond donors (Lipinski definition) is 4. The summed E-state index contributed by atoms with van der Waals surface area (Å²) in [5.41, 5.74) is 0.867. The molecule has 4 amide bonds. The van der Waals surface area contributed by atoms with Crippen molar-refractivity contribution in [1.82, 2.24) is 21.3 Å². The number of carbonyl (C=O) groups excluding carboxylic acids is 4. The first-order valence-corrected chi connectivity index (χ1v) is 9.80. The van der Waals surface area contributed by atoms with Crippen LogP contribution in [0.4, 0.5) is 0 Å². The third-order valence-electron chi connectivity index (χ3n) is 3.56. The summed E-state index contributed by atoms with van der Waals surface area (Å²) in [4.78, 5) is 45.8. The van der Waals surface area contributed by atoms with E-state index in [0.717, 1.165) is 0 Å². The van der Waals surface area contributed by atoms with E-state index in [-0.39, 0.29) is 36.5 Å². The highest BCUT2D eigenvalue weighted by Crippen LogP contribution is 1.90. The average Bonchev–Trinajstić information content (AvgIpc) is 2.70. The molecule has 0 aliphatic rings. The fourth-order valence-corrected chi connectivity index (χ4v) is 1.91. The van der Waals surface area contributed by atoms with Crippen LogP contribution in [0.25, 0.3) is 0 Å². The lowest BCUT2D eigenvalue weighted by molar-refractivity contribution is -0.126. The topological polar surface area (TPSA) is 135 Å². The number of carbonyl (C=O) groups is 4. The van der Waals surface area contributed by atoms with Gasteiger partial charge in [0.1, 0.15) is 0 Å². The molecule has 0 spiro atoms. The van der Waals surface area contributed by atoms with Gasteiger partial charge in [-0.05, 0) is 13.8 Å². The predicted octanol–water partition coefficient (Wildman–Crippen LogP) is -0.583. The molecule has 0 heterocycles. The van der Waals surface area contributed by atoms with Gasteiger partial charge in [0.15, 0.2) is 0 Å². The average molecular weight is 427 g/mol. The minimum Gasteiger partial charge on any atom is -0.378 e. The molecule has 0 rings (SSSR count). The minimum absolute atomic E-state index is 0.0777. The van der Waals surface area contributed by atoms with Crippen LogP contribution in [-0.4, -0.2) is 76.2 Å². The van der Waals surface area contributed by atoms with Crippen LogP contribution in [0.2, 0.25) is 0 Å². The van der Waals surface area contributed by atoms with Gasteiger partial charge in [0.25, 0.3) is 0 Å². The molecule has 0 fully saturated rings. The summed E-state index contributed by atoms with van der Waals surface area (Å²) in [5.74, 6) is -0.921. The molecule has 10 heteroatoms. The molecule has 0 bridgehead atoms. The Hall–Kier alpha value is -2.72. The van der Waals surface area contributed by atoms with Crippen molar-refractivity contribution in [2.24, 2.45) is 0 Å². The van der Waals surface area contributed by atoms with Crippen molar-refractivity contribution >= 4 is 23.6 Å². The normalized spacial score (nSPS) is 10.1. The van der Waals surface area contributed by atoms with Crippen LogP contribution in [0.3, 0.4) is 0 Å². The number of hydrogen-bond acceptors (Lipinski definition) is 6. The third kappa shape index (κ3) is 16.3. The summed E-state index contributed by atoms with van der Waals surface area (Å²) < 4.78 is 10.6. The summed E-state index contributed by atoms with van der Waals surface area (Å²) in [6.07, 6.45) is 0.155. The Morgan fingerprint density at radius 2 is 0.900 bits per heavy atom. The standard InChI is InChI=1S/C20H34N4O6/c1-15(2)19(27)23-9-13-29-11-7-21-17(25)5-6-18(26)22-8-12-30-14-10-24-20(28)16(3)4/h1,3,5-14H2,2,4H3,(H,21,25)(H,22,26)(H,23,27)(H,24,28). The summed E-state index contributed by atoms with van der Waals surface area (Å²) in [6.45, 7) is 13.0. The molecule has 0 aliphatic carbocycles. The summed E-state index contributed by atoms with van der Waals surface area (Å²) in [7, 11) is 0. The quantitative estimate of drug-likeness (QED) is 0.182. The second-order valence-corrected chi connectivity index (χ2v) is 6.50. The highest BCUT2D eigenvalue weighted by molar-refractivity contribution is 5.92. The molecule has 30 heavy (non-hydrogen) atoms. The molecule has 0 aromatic rings. The molecule has 0 aliphatic heterocycles. The van der Waals surface area contributed by atoms with Crippen LogP contribution in [0.15, 0.2) is 24.3 Å². The van der Waals surface area contributed by atoms with Crippen molar-refractivity contribution in [2.75, 3.05) is 52.6 Å². The van der Waals surface area contributed by atoms with Crippen LogP contribution in [0.5, 0.6) is 0 Å². The summed E-state index contributed by atoms with van der Waals surface area (Å²) >= 11 is 0. The van der Waals surface area contributed by atoms with Gasteiger partial charge in [-0.15, -0.1) is 0 Å². The highest BCUT2D eigenvalue weighted by Gasteiger charge is 2.06. The number of amides is 4. The van der Waals surface area contributed by atoms with E-state index in [1.807, 2.05) is 0 Å². The molecule has 0 radical (unpaired) electrons. The summed E-state index contributed by atoms with van der Waals surface area (Å²) in [5, 5.41) is 10.6. The van der Waals surface area contributed by atoms with Gasteiger partial charge in [-0.3, -0.25) is 19.2 Å². The van der Waals surface area contributed by atoms with E-state index in [0.29, 0.717) is 63.8 Å². The first kappa shape index (κ1) is 27.3.